The number of piperazine rings is 1. The van der Waals surface area contributed by atoms with E-state index in [1.54, 1.807) is 0 Å². The second-order valence-electron chi connectivity index (χ2n) is 8.18. The van der Waals surface area contributed by atoms with E-state index < -0.39 is 0 Å². The molecule has 0 bridgehead atoms. The van der Waals surface area contributed by atoms with Crippen molar-refractivity contribution in [3.8, 4) is 0 Å². The van der Waals surface area contributed by atoms with Crippen LogP contribution in [0.5, 0.6) is 0 Å². The zero-order chi connectivity index (χ0) is 20.8. The summed E-state index contributed by atoms with van der Waals surface area (Å²) < 4.78 is 0. The van der Waals surface area contributed by atoms with Gasteiger partial charge in [0.25, 0.3) is 0 Å². The Morgan fingerprint density at radius 3 is 2.17 bits per heavy atom. The van der Waals surface area contributed by atoms with E-state index >= 15 is 0 Å². The molecule has 1 aliphatic carbocycles. The molecule has 0 atom stereocenters. The SMILES string of the molecule is O=C(CN1CCN(C(=O)CN(Cc2ccccc2)c2ccccc2)CC1)NC1CC1. The summed E-state index contributed by atoms with van der Waals surface area (Å²) in [6, 6.07) is 20.7. The van der Waals surface area contributed by atoms with Crippen LogP contribution in [0, 0.1) is 0 Å². The zero-order valence-corrected chi connectivity index (χ0v) is 17.4. The minimum atomic E-state index is 0.107. The third kappa shape index (κ3) is 5.83. The molecule has 4 rings (SSSR count). The maximum absolute atomic E-state index is 13.0. The van der Waals surface area contributed by atoms with Crippen LogP contribution in [0.2, 0.25) is 0 Å². The van der Waals surface area contributed by atoms with E-state index in [4.69, 9.17) is 0 Å². The van der Waals surface area contributed by atoms with Crippen LogP contribution in [0.1, 0.15) is 18.4 Å². The van der Waals surface area contributed by atoms with Crippen molar-refractivity contribution >= 4 is 17.5 Å². The smallest absolute Gasteiger partial charge is 0.242 e. The lowest BCUT2D eigenvalue weighted by Crippen LogP contribution is -2.53. The number of benzene rings is 2. The standard InChI is InChI=1S/C24H30N4O2/c29-23(25-21-11-12-21)18-26-13-15-27(16-14-26)24(30)19-28(22-9-5-2-6-10-22)17-20-7-3-1-4-8-20/h1-10,21H,11-19H2,(H,25,29). The molecule has 2 aliphatic rings. The quantitative estimate of drug-likeness (QED) is 0.730. The molecule has 2 aromatic rings. The van der Waals surface area contributed by atoms with E-state index in [2.05, 4.69) is 27.2 Å². The molecule has 0 aromatic heterocycles. The van der Waals surface area contributed by atoms with Crippen molar-refractivity contribution < 1.29 is 9.59 Å². The molecule has 1 saturated carbocycles. The summed E-state index contributed by atoms with van der Waals surface area (Å²) in [6.07, 6.45) is 2.21. The Morgan fingerprint density at radius 2 is 1.53 bits per heavy atom. The Morgan fingerprint density at radius 1 is 0.900 bits per heavy atom. The summed E-state index contributed by atoms with van der Waals surface area (Å²) in [5.41, 5.74) is 2.23. The molecule has 158 valence electrons. The van der Waals surface area contributed by atoms with Gasteiger partial charge in [0.05, 0.1) is 13.1 Å². The van der Waals surface area contributed by atoms with E-state index in [1.165, 1.54) is 5.56 Å². The van der Waals surface area contributed by atoms with Gasteiger partial charge in [0, 0.05) is 44.5 Å². The van der Waals surface area contributed by atoms with Crippen LogP contribution in [0.25, 0.3) is 0 Å². The highest BCUT2D eigenvalue weighted by atomic mass is 16.2. The van der Waals surface area contributed by atoms with Gasteiger partial charge in [-0.15, -0.1) is 0 Å². The Bertz CT molecular complexity index is 831. The van der Waals surface area contributed by atoms with Crippen molar-refractivity contribution in [3.05, 3.63) is 66.2 Å². The molecule has 1 heterocycles. The van der Waals surface area contributed by atoms with Crippen molar-refractivity contribution in [2.45, 2.75) is 25.4 Å². The van der Waals surface area contributed by atoms with Crippen LogP contribution < -0.4 is 10.2 Å². The Kier molecular flexibility index (Phi) is 6.64. The Hall–Kier alpha value is -2.86. The van der Waals surface area contributed by atoms with Crippen molar-refractivity contribution in [2.75, 3.05) is 44.2 Å². The van der Waals surface area contributed by atoms with Gasteiger partial charge >= 0.3 is 0 Å². The van der Waals surface area contributed by atoms with Crippen LogP contribution in [0.15, 0.2) is 60.7 Å². The molecule has 2 aromatic carbocycles. The third-order valence-corrected chi connectivity index (χ3v) is 5.70. The maximum Gasteiger partial charge on any atom is 0.242 e. The van der Waals surface area contributed by atoms with Gasteiger partial charge < -0.3 is 15.1 Å². The summed E-state index contributed by atoms with van der Waals surface area (Å²) >= 11 is 0. The average molecular weight is 407 g/mol. The summed E-state index contributed by atoms with van der Waals surface area (Å²) in [6.45, 7) is 4.30. The van der Waals surface area contributed by atoms with E-state index in [9.17, 15) is 9.59 Å². The lowest BCUT2D eigenvalue weighted by molar-refractivity contribution is -0.131. The second kappa shape index (κ2) is 9.76. The van der Waals surface area contributed by atoms with Crippen molar-refractivity contribution in [1.29, 1.82) is 0 Å². The van der Waals surface area contributed by atoms with E-state index in [-0.39, 0.29) is 11.8 Å². The number of hydrogen-bond acceptors (Lipinski definition) is 4. The Balaban J connectivity index is 1.31. The van der Waals surface area contributed by atoms with Gasteiger partial charge in [0.15, 0.2) is 0 Å². The van der Waals surface area contributed by atoms with E-state index in [0.717, 1.165) is 31.6 Å². The lowest BCUT2D eigenvalue weighted by atomic mass is 10.2. The van der Waals surface area contributed by atoms with Crippen LogP contribution in [0.3, 0.4) is 0 Å². The molecule has 6 heteroatoms. The summed E-state index contributed by atoms with van der Waals surface area (Å²) in [5, 5.41) is 3.03. The zero-order valence-electron chi connectivity index (χ0n) is 17.4. The number of amides is 2. The largest absolute Gasteiger partial charge is 0.358 e. The van der Waals surface area contributed by atoms with Gasteiger partial charge in [-0.1, -0.05) is 48.5 Å². The summed E-state index contributed by atoms with van der Waals surface area (Å²) in [5.74, 6) is 0.243. The van der Waals surface area contributed by atoms with Crippen LogP contribution >= 0.6 is 0 Å². The predicted molar refractivity (Wildman–Crippen MR) is 118 cm³/mol. The van der Waals surface area contributed by atoms with E-state index in [1.807, 2.05) is 53.4 Å². The molecule has 0 unspecified atom stereocenters. The van der Waals surface area contributed by atoms with Gasteiger partial charge in [0.1, 0.15) is 0 Å². The number of hydrogen-bond donors (Lipinski definition) is 1. The number of nitrogens with one attached hydrogen (secondary N) is 1. The number of para-hydroxylation sites is 1. The minimum absolute atomic E-state index is 0.107. The third-order valence-electron chi connectivity index (χ3n) is 5.70. The first-order valence-corrected chi connectivity index (χ1v) is 10.8. The number of rotatable bonds is 8. The first-order valence-electron chi connectivity index (χ1n) is 10.8. The van der Waals surface area contributed by atoms with Crippen LogP contribution in [-0.4, -0.2) is 66.9 Å². The fourth-order valence-electron chi connectivity index (χ4n) is 3.80. The fraction of sp³-hybridized carbons (Fsp3) is 0.417. The predicted octanol–water partition coefficient (Wildman–Crippen LogP) is 2.12. The molecule has 6 nitrogen and oxygen atoms in total. The molecule has 1 N–H and O–H groups in total. The highest BCUT2D eigenvalue weighted by Crippen LogP contribution is 2.19. The number of nitrogens with zero attached hydrogens (tertiary/aromatic N) is 3. The Labute approximate surface area is 178 Å². The topological polar surface area (TPSA) is 55.9 Å². The van der Waals surface area contributed by atoms with Gasteiger partial charge in [-0.3, -0.25) is 14.5 Å². The minimum Gasteiger partial charge on any atom is -0.358 e. The van der Waals surface area contributed by atoms with Crippen molar-refractivity contribution in [1.82, 2.24) is 15.1 Å². The first kappa shape index (κ1) is 20.4. The van der Waals surface area contributed by atoms with Gasteiger partial charge in [-0.25, -0.2) is 0 Å². The number of carbonyl (C=O) groups is 2. The van der Waals surface area contributed by atoms with Crippen molar-refractivity contribution in [3.63, 3.8) is 0 Å². The summed E-state index contributed by atoms with van der Waals surface area (Å²) in [7, 11) is 0. The van der Waals surface area contributed by atoms with Gasteiger partial charge in [-0.05, 0) is 30.5 Å². The first-order chi connectivity index (χ1) is 14.7. The number of carbonyl (C=O) groups excluding carboxylic acids is 2. The molecular weight excluding hydrogens is 376 g/mol. The monoisotopic (exact) mass is 406 g/mol. The maximum atomic E-state index is 13.0. The molecule has 1 aliphatic heterocycles. The molecule has 2 amide bonds. The number of anilines is 1. The molecule has 30 heavy (non-hydrogen) atoms. The van der Waals surface area contributed by atoms with Gasteiger partial charge in [-0.2, -0.15) is 0 Å². The highest BCUT2D eigenvalue weighted by molar-refractivity contribution is 5.82. The molecule has 0 radical (unpaired) electrons. The van der Waals surface area contributed by atoms with Crippen molar-refractivity contribution in [2.24, 2.45) is 0 Å². The highest BCUT2D eigenvalue weighted by Gasteiger charge is 2.27. The lowest BCUT2D eigenvalue weighted by Gasteiger charge is -2.36. The molecule has 0 spiro atoms. The van der Waals surface area contributed by atoms with E-state index in [0.29, 0.717) is 38.8 Å². The second-order valence-corrected chi connectivity index (χ2v) is 8.18. The van der Waals surface area contributed by atoms with Crippen LogP contribution in [0.4, 0.5) is 5.69 Å². The molecule has 1 saturated heterocycles. The fourth-order valence-corrected chi connectivity index (χ4v) is 3.80. The van der Waals surface area contributed by atoms with Crippen LogP contribution in [-0.2, 0) is 16.1 Å². The molecule has 2 fully saturated rings. The molecular formula is C24H30N4O2. The average Bonchev–Trinajstić information content (AvgIpc) is 3.59. The normalized spacial score (nSPS) is 16.9. The van der Waals surface area contributed by atoms with Gasteiger partial charge in [0.2, 0.25) is 11.8 Å². The summed E-state index contributed by atoms with van der Waals surface area (Å²) in [4.78, 5) is 31.3.